The Hall–Kier alpha value is -2.93. The molecule has 1 N–H and O–H groups in total. The number of benzene rings is 1. The number of ether oxygens (including phenoxy) is 1. The van der Waals surface area contributed by atoms with Crippen molar-refractivity contribution >= 4 is 11.6 Å². The average molecular weight is 416 g/mol. The van der Waals surface area contributed by atoms with Gasteiger partial charge in [-0.1, -0.05) is 19.2 Å². The number of aliphatic hydroxyl groups excluding tert-OH is 1. The van der Waals surface area contributed by atoms with Gasteiger partial charge >= 0.3 is 6.03 Å². The molecule has 30 heavy (non-hydrogen) atoms. The van der Waals surface area contributed by atoms with Crippen LogP contribution in [0.25, 0.3) is 5.57 Å². The van der Waals surface area contributed by atoms with Gasteiger partial charge in [-0.05, 0) is 54.3 Å². The molecule has 0 aromatic heterocycles. The van der Waals surface area contributed by atoms with Gasteiger partial charge in [0.2, 0.25) is 0 Å². The van der Waals surface area contributed by atoms with E-state index in [0.717, 1.165) is 31.0 Å². The molecule has 2 heterocycles. The highest BCUT2D eigenvalue weighted by Crippen LogP contribution is 2.32. The second kappa shape index (κ2) is 9.26. The van der Waals surface area contributed by atoms with E-state index in [1.807, 2.05) is 0 Å². The van der Waals surface area contributed by atoms with Crippen LogP contribution in [-0.4, -0.2) is 59.8 Å². The summed E-state index contributed by atoms with van der Waals surface area (Å²) in [5.74, 6) is -1.22. The van der Waals surface area contributed by atoms with Gasteiger partial charge in [0.1, 0.15) is 17.4 Å². The second-order valence-electron chi connectivity index (χ2n) is 7.47. The molecule has 1 saturated heterocycles. The van der Waals surface area contributed by atoms with Gasteiger partial charge in [-0.3, -0.25) is 0 Å². The molecule has 5 nitrogen and oxygen atoms in total. The van der Waals surface area contributed by atoms with Crippen molar-refractivity contribution in [2.45, 2.75) is 24.9 Å². The number of nitrogens with zero attached hydrogens (tertiary/aromatic N) is 2. The summed E-state index contributed by atoms with van der Waals surface area (Å²) >= 11 is 0. The second-order valence-corrected chi connectivity index (χ2v) is 7.47. The molecule has 1 fully saturated rings. The summed E-state index contributed by atoms with van der Waals surface area (Å²) < 4.78 is 33.5. The van der Waals surface area contributed by atoms with Crippen LogP contribution in [0.1, 0.15) is 18.4 Å². The lowest BCUT2D eigenvalue weighted by atomic mass is 10.0. The van der Waals surface area contributed by atoms with Crippen LogP contribution < -0.4 is 0 Å². The van der Waals surface area contributed by atoms with Crippen LogP contribution >= 0.6 is 0 Å². The Morgan fingerprint density at radius 2 is 2.03 bits per heavy atom. The lowest BCUT2D eigenvalue weighted by molar-refractivity contribution is 0.0469. The Morgan fingerprint density at radius 1 is 1.33 bits per heavy atom. The van der Waals surface area contributed by atoms with Gasteiger partial charge in [-0.25, -0.2) is 13.6 Å². The fourth-order valence-electron chi connectivity index (χ4n) is 3.79. The van der Waals surface area contributed by atoms with Gasteiger partial charge in [-0.2, -0.15) is 0 Å². The van der Waals surface area contributed by atoms with E-state index < -0.39 is 17.7 Å². The summed E-state index contributed by atoms with van der Waals surface area (Å²) in [6, 6.07) is 2.41. The minimum atomic E-state index is -0.612. The van der Waals surface area contributed by atoms with E-state index in [2.05, 4.69) is 13.2 Å². The van der Waals surface area contributed by atoms with Crippen LogP contribution in [-0.2, 0) is 4.74 Å². The first-order chi connectivity index (χ1) is 14.3. The number of halogens is 2. The Balaban J connectivity index is 1.92. The van der Waals surface area contributed by atoms with E-state index >= 15 is 0 Å². The molecule has 0 saturated carbocycles. The summed E-state index contributed by atoms with van der Waals surface area (Å²) in [5, 5.41) is 9.81. The summed E-state index contributed by atoms with van der Waals surface area (Å²) in [6.45, 7) is 8.74. The molecule has 0 bridgehead atoms. The van der Waals surface area contributed by atoms with Crippen molar-refractivity contribution in [3.05, 3.63) is 78.1 Å². The number of hydrogen-bond acceptors (Lipinski definition) is 3. The van der Waals surface area contributed by atoms with Crippen molar-refractivity contribution in [1.29, 1.82) is 0 Å². The normalized spacial score (nSPS) is 20.1. The lowest BCUT2D eigenvalue weighted by Crippen LogP contribution is -2.49. The van der Waals surface area contributed by atoms with Crippen molar-refractivity contribution in [3.63, 3.8) is 0 Å². The first-order valence-corrected chi connectivity index (χ1v) is 9.81. The highest BCUT2D eigenvalue weighted by atomic mass is 19.1. The average Bonchev–Trinajstić information content (AvgIpc) is 3.20. The Labute approximate surface area is 175 Å². The van der Waals surface area contributed by atoms with E-state index in [1.165, 1.54) is 12.2 Å². The maximum Gasteiger partial charge on any atom is 0.321 e. The molecule has 0 spiro atoms. The van der Waals surface area contributed by atoms with E-state index in [1.54, 1.807) is 22.9 Å². The number of allylic oxidation sites excluding steroid dienone is 1. The van der Waals surface area contributed by atoms with E-state index in [-0.39, 0.29) is 29.9 Å². The Morgan fingerprint density at radius 3 is 2.70 bits per heavy atom. The fourth-order valence-corrected chi connectivity index (χ4v) is 3.79. The third-order valence-corrected chi connectivity index (χ3v) is 5.52. The van der Waals surface area contributed by atoms with Crippen LogP contribution in [0.2, 0.25) is 0 Å². The van der Waals surface area contributed by atoms with Crippen molar-refractivity contribution in [2.24, 2.45) is 0 Å². The smallest absolute Gasteiger partial charge is 0.321 e. The molecule has 1 unspecified atom stereocenters. The number of rotatable bonds is 5. The van der Waals surface area contributed by atoms with Gasteiger partial charge in [-0.15, -0.1) is 0 Å². The lowest BCUT2D eigenvalue weighted by Gasteiger charge is -2.36. The minimum absolute atomic E-state index is 0.0345. The summed E-state index contributed by atoms with van der Waals surface area (Å²) in [6.07, 6.45) is 5.82. The highest BCUT2D eigenvalue weighted by molar-refractivity contribution is 5.83. The van der Waals surface area contributed by atoms with Gasteiger partial charge in [0, 0.05) is 38.4 Å². The van der Waals surface area contributed by atoms with Crippen LogP contribution in [0, 0.1) is 11.6 Å². The molecule has 1 atom stereocenters. The molecule has 160 valence electrons. The molecule has 0 aliphatic carbocycles. The molecule has 7 heteroatoms. The molecule has 2 aliphatic rings. The molecule has 1 aromatic rings. The maximum absolute atomic E-state index is 14.4. The summed E-state index contributed by atoms with van der Waals surface area (Å²) in [7, 11) is 1.73. The number of carbonyl (C=O) groups excluding carboxylic acids is 1. The quantitative estimate of drug-likeness (QED) is 0.570. The van der Waals surface area contributed by atoms with Gasteiger partial charge in [0.25, 0.3) is 0 Å². The highest BCUT2D eigenvalue weighted by Gasteiger charge is 2.35. The van der Waals surface area contributed by atoms with Crippen molar-refractivity contribution in [1.82, 2.24) is 9.80 Å². The summed E-state index contributed by atoms with van der Waals surface area (Å²) in [5.41, 5.74) is 1.03. The predicted molar refractivity (Wildman–Crippen MR) is 112 cm³/mol. The number of aliphatic hydroxyl groups is 1. The molecule has 3 rings (SSSR count). The Kier molecular flexibility index (Phi) is 6.72. The van der Waals surface area contributed by atoms with Crippen molar-refractivity contribution < 1.29 is 23.4 Å². The minimum Gasteiger partial charge on any atom is -0.508 e. The van der Waals surface area contributed by atoms with Crippen LogP contribution in [0.3, 0.4) is 0 Å². The first-order valence-electron chi connectivity index (χ1n) is 9.81. The Bertz CT molecular complexity index is 904. The molecular weight excluding hydrogens is 390 g/mol. The van der Waals surface area contributed by atoms with Gasteiger partial charge in [0.05, 0.1) is 6.04 Å². The van der Waals surface area contributed by atoms with Gasteiger partial charge in [0.15, 0.2) is 0 Å². The SMILES string of the molecule is C=C/C(O)=C\C(=C)C1C=C(c2cc(F)ccc2F)CN1C(=O)N(C)C1CCOCC1. The van der Waals surface area contributed by atoms with Crippen LogP contribution in [0.4, 0.5) is 13.6 Å². The maximum atomic E-state index is 14.4. The number of urea groups is 1. The van der Waals surface area contributed by atoms with Crippen molar-refractivity contribution in [2.75, 3.05) is 26.8 Å². The monoisotopic (exact) mass is 416 g/mol. The number of carbonyl (C=O) groups is 1. The van der Waals surface area contributed by atoms with E-state index in [9.17, 15) is 18.7 Å². The zero-order valence-electron chi connectivity index (χ0n) is 17.0. The first kappa shape index (κ1) is 21.8. The zero-order valence-corrected chi connectivity index (χ0v) is 17.0. The van der Waals surface area contributed by atoms with E-state index in [4.69, 9.17) is 4.74 Å². The molecular formula is C23H26F2N2O3. The largest absolute Gasteiger partial charge is 0.508 e. The van der Waals surface area contributed by atoms with Crippen molar-refractivity contribution in [3.8, 4) is 0 Å². The zero-order chi connectivity index (χ0) is 21.8. The molecule has 2 amide bonds. The topological polar surface area (TPSA) is 53.0 Å². The summed E-state index contributed by atoms with van der Waals surface area (Å²) in [4.78, 5) is 16.5. The third kappa shape index (κ3) is 4.62. The van der Waals surface area contributed by atoms with E-state index in [0.29, 0.717) is 24.4 Å². The molecule has 0 radical (unpaired) electrons. The molecule has 1 aromatic carbocycles. The third-order valence-electron chi connectivity index (χ3n) is 5.52. The standard InChI is InChI=1S/C23H26F2N2O3/c1-4-19(28)11-15(2)22-12-16(20-13-17(24)5-6-21(20)25)14-27(22)23(29)26(3)18-7-9-30-10-8-18/h4-6,11-13,18,22,28H,1-2,7-10,14H2,3H3/b19-11+. The van der Waals surface area contributed by atoms with Crippen LogP contribution in [0.15, 0.2) is 60.9 Å². The fraction of sp³-hybridized carbons (Fsp3) is 0.348. The van der Waals surface area contributed by atoms with Gasteiger partial charge < -0.3 is 19.6 Å². The number of hydrogen-bond donors (Lipinski definition) is 1. The molecule has 2 aliphatic heterocycles. The number of amides is 2. The van der Waals surface area contributed by atoms with Crippen LogP contribution in [0.5, 0.6) is 0 Å². The predicted octanol–water partition coefficient (Wildman–Crippen LogP) is 4.45.